The largest absolute Gasteiger partial charge is 0.396 e. The van der Waals surface area contributed by atoms with Gasteiger partial charge >= 0.3 is 0 Å². The van der Waals surface area contributed by atoms with Crippen LogP contribution in [0.1, 0.15) is 11.1 Å². The zero-order valence-corrected chi connectivity index (χ0v) is 22.3. The van der Waals surface area contributed by atoms with Crippen molar-refractivity contribution >= 4 is 61.6 Å². The van der Waals surface area contributed by atoms with E-state index in [1.807, 2.05) is 13.8 Å². The molecule has 172 valence electrons. The summed E-state index contributed by atoms with van der Waals surface area (Å²) in [7, 11) is -2.03. The van der Waals surface area contributed by atoms with Crippen molar-refractivity contribution in [1.82, 2.24) is 4.72 Å². The average molecular weight is 620 g/mol. The number of hydrogen-bond acceptors (Lipinski definition) is 6. The molecule has 12 heteroatoms. The van der Waals surface area contributed by atoms with E-state index in [-0.39, 0.29) is 22.9 Å². The van der Waals surface area contributed by atoms with E-state index >= 15 is 0 Å². The molecular weight excluding hydrogens is 598 g/mol. The molecule has 0 saturated carbocycles. The first kappa shape index (κ1) is 26.7. The van der Waals surface area contributed by atoms with Gasteiger partial charge in [0.2, 0.25) is 10.0 Å². The van der Waals surface area contributed by atoms with Crippen LogP contribution in [-0.4, -0.2) is 48.3 Å². The molecule has 0 amide bonds. The summed E-state index contributed by atoms with van der Waals surface area (Å²) in [6.07, 6.45) is 0. The summed E-state index contributed by atoms with van der Waals surface area (Å²) in [6, 6.07) is 9.53. The number of nitrogens with one attached hydrogen (secondary N) is 1. The fourth-order valence-electron chi connectivity index (χ4n) is 2.44. The van der Waals surface area contributed by atoms with Gasteiger partial charge in [0.25, 0.3) is 9.05 Å². The summed E-state index contributed by atoms with van der Waals surface area (Å²) >= 11 is 6.53. The molecule has 3 rings (SSSR count). The molecule has 1 fully saturated rings. The first-order valence-corrected chi connectivity index (χ1v) is 14.3. The second-order valence-electron chi connectivity index (χ2n) is 7.24. The monoisotopic (exact) mass is 617 g/mol. The van der Waals surface area contributed by atoms with Crippen molar-refractivity contribution in [2.75, 3.05) is 26.4 Å². The molecule has 1 heterocycles. The molecule has 31 heavy (non-hydrogen) atoms. The normalized spacial score (nSPS) is 15.5. The molecule has 2 aromatic rings. The van der Waals surface area contributed by atoms with Crippen LogP contribution in [-0.2, 0) is 23.8 Å². The third-order valence-corrected chi connectivity index (χ3v) is 9.13. The topological polar surface area (TPSA) is 110 Å². The van der Waals surface area contributed by atoms with Gasteiger partial charge < -0.3 is 9.84 Å². The molecule has 1 aliphatic heterocycles. The standard InChI is InChI=1S/C12H16BrNO4S.C7H6BrClO2S/c1-9-2-3-10(4-11(9)13)19(16,17)14-5-12(6-15)7-18-8-12;1-5-2-3-6(4-7(5)8)12(9,10)11/h2-4,14-15H,5-8H2,1H3;2-4H,1H3. The Labute approximate surface area is 203 Å². The van der Waals surface area contributed by atoms with Gasteiger partial charge in [0.15, 0.2) is 0 Å². The molecule has 0 radical (unpaired) electrons. The van der Waals surface area contributed by atoms with E-state index in [4.69, 9.17) is 15.4 Å². The first-order chi connectivity index (χ1) is 14.3. The molecule has 1 aliphatic rings. The van der Waals surface area contributed by atoms with E-state index in [0.29, 0.717) is 13.2 Å². The quantitative estimate of drug-likeness (QED) is 0.477. The SMILES string of the molecule is Cc1ccc(S(=O)(=O)Cl)cc1Br.Cc1ccc(S(=O)(=O)NCC2(CO)COC2)cc1Br. The minimum Gasteiger partial charge on any atom is -0.396 e. The smallest absolute Gasteiger partial charge is 0.261 e. The van der Waals surface area contributed by atoms with Gasteiger partial charge in [0.1, 0.15) is 0 Å². The third kappa shape index (κ3) is 7.23. The lowest BCUT2D eigenvalue weighted by Gasteiger charge is -2.39. The van der Waals surface area contributed by atoms with E-state index in [9.17, 15) is 21.9 Å². The van der Waals surface area contributed by atoms with Crippen molar-refractivity contribution in [2.24, 2.45) is 5.41 Å². The van der Waals surface area contributed by atoms with Crippen LogP contribution in [0.2, 0.25) is 0 Å². The minimum absolute atomic E-state index is 0.0902. The summed E-state index contributed by atoms with van der Waals surface area (Å²) < 4.78 is 55.0. The summed E-state index contributed by atoms with van der Waals surface area (Å²) in [5.74, 6) is 0. The van der Waals surface area contributed by atoms with Gasteiger partial charge in [-0.05, 0) is 49.2 Å². The lowest BCUT2D eigenvalue weighted by atomic mass is 9.87. The van der Waals surface area contributed by atoms with Crippen LogP contribution in [0.15, 0.2) is 55.1 Å². The number of aliphatic hydroxyl groups is 1. The number of aryl methyl sites for hydroxylation is 2. The number of ether oxygens (including phenoxy) is 1. The van der Waals surface area contributed by atoms with Crippen molar-refractivity contribution in [3.8, 4) is 0 Å². The Morgan fingerprint density at radius 2 is 1.48 bits per heavy atom. The average Bonchev–Trinajstić information content (AvgIpc) is 2.65. The maximum Gasteiger partial charge on any atom is 0.261 e. The summed E-state index contributed by atoms with van der Waals surface area (Å²) in [5, 5.41) is 9.26. The molecule has 0 unspecified atom stereocenters. The van der Waals surface area contributed by atoms with E-state index in [1.165, 1.54) is 12.1 Å². The lowest BCUT2D eigenvalue weighted by Crippen LogP contribution is -2.53. The second-order valence-corrected chi connectivity index (χ2v) is 13.3. The first-order valence-electron chi connectivity index (χ1n) is 8.95. The van der Waals surface area contributed by atoms with E-state index in [0.717, 1.165) is 20.1 Å². The lowest BCUT2D eigenvalue weighted by molar-refractivity contribution is -0.132. The van der Waals surface area contributed by atoms with Crippen LogP contribution in [0.25, 0.3) is 0 Å². The van der Waals surface area contributed by atoms with Crippen molar-refractivity contribution in [2.45, 2.75) is 23.6 Å². The van der Waals surface area contributed by atoms with Gasteiger partial charge in [-0.15, -0.1) is 0 Å². The Balaban J connectivity index is 0.000000245. The van der Waals surface area contributed by atoms with E-state index < -0.39 is 24.5 Å². The van der Waals surface area contributed by atoms with Crippen LogP contribution in [0.4, 0.5) is 0 Å². The fraction of sp³-hybridized carbons (Fsp3) is 0.368. The van der Waals surface area contributed by atoms with Gasteiger partial charge in [0.05, 0.1) is 35.0 Å². The molecule has 2 aromatic carbocycles. The molecular formula is C19H22Br2ClNO6S2. The van der Waals surface area contributed by atoms with Crippen LogP contribution >= 0.6 is 42.5 Å². The fourth-order valence-corrected chi connectivity index (χ4v) is 5.46. The number of rotatable bonds is 6. The van der Waals surface area contributed by atoms with Crippen molar-refractivity contribution in [3.05, 3.63) is 56.5 Å². The predicted octanol–water partition coefficient (Wildman–Crippen LogP) is 3.73. The zero-order valence-electron chi connectivity index (χ0n) is 16.7. The molecule has 0 aliphatic carbocycles. The highest BCUT2D eigenvalue weighted by Gasteiger charge is 2.39. The van der Waals surface area contributed by atoms with Gasteiger partial charge in [-0.25, -0.2) is 21.6 Å². The maximum atomic E-state index is 12.1. The molecule has 7 nitrogen and oxygen atoms in total. The molecule has 2 N–H and O–H groups in total. The predicted molar refractivity (Wildman–Crippen MR) is 126 cm³/mol. The minimum atomic E-state index is -3.60. The Hall–Kier alpha value is -0.530. The van der Waals surface area contributed by atoms with Crippen LogP contribution in [0.5, 0.6) is 0 Å². The highest BCUT2D eigenvalue weighted by atomic mass is 79.9. The summed E-state index contributed by atoms with van der Waals surface area (Å²) in [4.78, 5) is 0.319. The maximum absolute atomic E-state index is 12.1. The second kappa shape index (κ2) is 10.6. The summed E-state index contributed by atoms with van der Waals surface area (Å²) in [5.41, 5.74) is 1.46. The molecule has 0 atom stereocenters. The Bertz CT molecular complexity index is 1150. The Kier molecular flexibility index (Phi) is 9.14. The highest BCUT2D eigenvalue weighted by Crippen LogP contribution is 2.27. The number of halogens is 3. The van der Waals surface area contributed by atoms with Gasteiger partial charge in [-0.1, -0.05) is 44.0 Å². The number of hydrogen-bond donors (Lipinski definition) is 2. The van der Waals surface area contributed by atoms with Gasteiger partial charge in [-0.2, -0.15) is 0 Å². The van der Waals surface area contributed by atoms with Crippen LogP contribution < -0.4 is 4.72 Å². The van der Waals surface area contributed by atoms with Gasteiger partial charge in [-0.3, -0.25) is 0 Å². The van der Waals surface area contributed by atoms with E-state index in [2.05, 4.69) is 36.6 Å². The molecule has 1 saturated heterocycles. The Morgan fingerprint density at radius 1 is 1.00 bits per heavy atom. The molecule has 0 aromatic heterocycles. The van der Waals surface area contributed by atoms with Crippen LogP contribution in [0.3, 0.4) is 0 Å². The summed E-state index contributed by atoms with van der Waals surface area (Å²) in [6.45, 7) is 4.60. The number of benzene rings is 2. The number of aliphatic hydroxyl groups excluding tert-OH is 1. The van der Waals surface area contributed by atoms with Crippen LogP contribution in [0, 0.1) is 19.3 Å². The molecule has 0 spiro atoms. The van der Waals surface area contributed by atoms with Crippen molar-refractivity contribution in [3.63, 3.8) is 0 Å². The third-order valence-electron chi connectivity index (χ3n) is 4.67. The Morgan fingerprint density at radius 3 is 1.87 bits per heavy atom. The number of sulfonamides is 1. The zero-order chi connectivity index (χ0) is 23.4. The van der Waals surface area contributed by atoms with E-state index in [1.54, 1.807) is 24.3 Å². The highest BCUT2D eigenvalue weighted by molar-refractivity contribution is 9.10. The molecule has 0 bridgehead atoms. The van der Waals surface area contributed by atoms with Crippen molar-refractivity contribution < 1.29 is 26.7 Å². The van der Waals surface area contributed by atoms with Gasteiger partial charge in [0, 0.05) is 26.2 Å². The van der Waals surface area contributed by atoms with Crippen molar-refractivity contribution in [1.29, 1.82) is 0 Å².